The smallest absolute Gasteiger partial charge is 0.221 e. The predicted octanol–water partition coefficient (Wildman–Crippen LogP) is 2.63. The van der Waals surface area contributed by atoms with Crippen LogP contribution in [-0.4, -0.2) is 46.7 Å². The molecule has 1 aromatic heterocycles. The summed E-state index contributed by atoms with van der Waals surface area (Å²) in [6.07, 6.45) is 2.29. The SMILES string of the molecule is CCCCn1c(CN2CCOCC2)nc2cc(NC(C)=O)ccc21. The number of nitrogens with zero attached hydrogens (tertiary/aromatic N) is 3. The van der Waals surface area contributed by atoms with E-state index >= 15 is 0 Å². The number of anilines is 1. The molecule has 6 heteroatoms. The first-order valence-corrected chi connectivity index (χ1v) is 8.74. The lowest BCUT2D eigenvalue weighted by molar-refractivity contribution is -0.114. The molecule has 0 bridgehead atoms. The topological polar surface area (TPSA) is 59.4 Å². The van der Waals surface area contributed by atoms with E-state index in [9.17, 15) is 4.79 Å². The van der Waals surface area contributed by atoms with Crippen molar-refractivity contribution in [2.24, 2.45) is 0 Å². The minimum atomic E-state index is -0.0618. The van der Waals surface area contributed by atoms with E-state index < -0.39 is 0 Å². The number of unbranched alkanes of at least 4 members (excludes halogenated alkanes) is 1. The molecule has 1 aromatic carbocycles. The van der Waals surface area contributed by atoms with Crippen LogP contribution in [0.5, 0.6) is 0 Å². The molecular weight excluding hydrogens is 304 g/mol. The Labute approximate surface area is 142 Å². The zero-order chi connectivity index (χ0) is 16.9. The van der Waals surface area contributed by atoms with Crippen LogP contribution in [0.25, 0.3) is 11.0 Å². The molecule has 2 aromatic rings. The highest BCUT2D eigenvalue weighted by atomic mass is 16.5. The lowest BCUT2D eigenvalue weighted by Crippen LogP contribution is -2.36. The molecule has 3 rings (SSSR count). The van der Waals surface area contributed by atoms with Crippen LogP contribution in [0.2, 0.25) is 0 Å². The fourth-order valence-corrected chi connectivity index (χ4v) is 3.11. The second kappa shape index (κ2) is 7.77. The van der Waals surface area contributed by atoms with Crippen molar-refractivity contribution in [3.63, 3.8) is 0 Å². The summed E-state index contributed by atoms with van der Waals surface area (Å²) in [6.45, 7) is 9.04. The molecule has 6 nitrogen and oxygen atoms in total. The number of fused-ring (bicyclic) bond motifs is 1. The Hall–Kier alpha value is -1.92. The number of morpholine rings is 1. The maximum absolute atomic E-state index is 11.3. The van der Waals surface area contributed by atoms with E-state index in [-0.39, 0.29) is 5.91 Å². The van der Waals surface area contributed by atoms with Crippen LogP contribution < -0.4 is 5.32 Å². The van der Waals surface area contributed by atoms with Gasteiger partial charge in [-0.25, -0.2) is 4.98 Å². The van der Waals surface area contributed by atoms with Gasteiger partial charge in [-0.2, -0.15) is 0 Å². The van der Waals surface area contributed by atoms with Crippen LogP contribution in [0.4, 0.5) is 5.69 Å². The normalized spacial score (nSPS) is 15.8. The summed E-state index contributed by atoms with van der Waals surface area (Å²) in [5.74, 6) is 1.04. The van der Waals surface area contributed by atoms with Gasteiger partial charge in [0.05, 0.1) is 30.8 Å². The average Bonchev–Trinajstić information content (AvgIpc) is 2.89. The van der Waals surface area contributed by atoms with Gasteiger partial charge in [0.1, 0.15) is 5.82 Å². The summed E-state index contributed by atoms with van der Waals surface area (Å²) in [4.78, 5) is 18.5. The lowest BCUT2D eigenvalue weighted by Gasteiger charge is -2.26. The predicted molar refractivity (Wildman–Crippen MR) is 95.0 cm³/mol. The van der Waals surface area contributed by atoms with Crippen LogP contribution >= 0.6 is 0 Å². The third-order valence-corrected chi connectivity index (χ3v) is 4.35. The molecule has 1 fully saturated rings. The van der Waals surface area contributed by atoms with Gasteiger partial charge in [0.2, 0.25) is 5.91 Å². The summed E-state index contributed by atoms with van der Waals surface area (Å²) in [5.41, 5.74) is 2.88. The van der Waals surface area contributed by atoms with Crippen LogP contribution in [0.3, 0.4) is 0 Å². The molecule has 0 spiro atoms. The summed E-state index contributed by atoms with van der Waals surface area (Å²) in [7, 11) is 0. The van der Waals surface area contributed by atoms with Gasteiger partial charge in [0, 0.05) is 32.2 Å². The highest BCUT2D eigenvalue weighted by Crippen LogP contribution is 2.22. The number of nitrogens with one attached hydrogen (secondary N) is 1. The largest absolute Gasteiger partial charge is 0.379 e. The highest BCUT2D eigenvalue weighted by molar-refractivity contribution is 5.91. The van der Waals surface area contributed by atoms with Gasteiger partial charge in [-0.15, -0.1) is 0 Å². The molecule has 0 unspecified atom stereocenters. The summed E-state index contributed by atoms with van der Waals surface area (Å²) >= 11 is 0. The monoisotopic (exact) mass is 330 g/mol. The zero-order valence-corrected chi connectivity index (χ0v) is 14.5. The van der Waals surface area contributed by atoms with E-state index in [1.165, 1.54) is 6.92 Å². The number of aromatic nitrogens is 2. The number of rotatable bonds is 6. The molecule has 1 aliphatic heterocycles. The maximum atomic E-state index is 11.3. The molecule has 0 saturated carbocycles. The molecule has 1 aliphatic rings. The van der Waals surface area contributed by atoms with Crippen molar-refractivity contribution >= 4 is 22.6 Å². The third-order valence-electron chi connectivity index (χ3n) is 4.35. The molecule has 2 heterocycles. The molecule has 0 atom stereocenters. The van der Waals surface area contributed by atoms with Gasteiger partial charge in [0.15, 0.2) is 0 Å². The molecule has 130 valence electrons. The average molecular weight is 330 g/mol. The van der Waals surface area contributed by atoms with E-state index in [1.54, 1.807) is 0 Å². The van der Waals surface area contributed by atoms with Crippen molar-refractivity contribution in [1.82, 2.24) is 14.5 Å². The van der Waals surface area contributed by atoms with Gasteiger partial charge in [-0.3, -0.25) is 9.69 Å². The molecule has 0 aliphatic carbocycles. The number of imidazole rings is 1. The Kier molecular flexibility index (Phi) is 5.48. The van der Waals surface area contributed by atoms with E-state index in [2.05, 4.69) is 27.8 Å². The van der Waals surface area contributed by atoms with Crippen LogP contribution in [0, 0.1) is 0 Å². The first-order chi connectivity index (χ1) is 11.7. The Balaban J connectivity index is 1.90. The number of benzene rings is 1. The lowest BCUT2D eigenvalue weighted by atomic mass is 10.2. The highest BCUT2D eigenvalue weighted by Gasteiger charge is 2.16. The molecular formula is C18H26N4O2. The maximum Gasteiger partial charge on any atom is 0.221 e. The molecule has 1 saturated heterocycles. The number of amides is 1. The zero-order valence-electron chi connectivity index (χ0n) is 14.5. The fourth-order valence-electron chi connectivity index (χ4n) is 3.11. The molecule has 1 amide bonds. The molecule has 1 N–H and O–H groups in total. The van der Waals surface area contributed by atoms with E-state index in [0.29, 0.717) is 0 Å². The van der Waals surface area contributed by atoms with Crippen molar-refractivity contribution in [3.8, 4) is 0 Å². The van der Waals surface area contributed by atoms with Gasteiger partial charge in [-0.1, -0.05) is 13.3 Å². The van der Waals surface area contributed by atoms with E-state index in [4.69, 9.17) is 9.72 Å². The Morgan fingerprint density at radius 1 is 1.33 bits per heavy atom. The molecule has 24 heavy (non-hydrogen) atoms. The minimum absolute atomic E-state index is 0.0618. The van der Waals surface area contributed by atoms with E-state index in [1.807, 2.05) is 12.1 Å². The van der Waals surface area contributed by atoms with Crippen molar-refractivity contribution in [3.05, 3.63) is 24.0 Å². The van der Waals surface area contributed by atoms with Crippen molar-refractivity contribution in [2.75, 3.05) is 31.6 Å². The van der Waals surface area contributed by atoms with Crippen molar-refractivity contribution in [2.45, 2.75) is 39.8 Å². The Morgan fingerprint density at radius 3 is 2.83 bits per heavy atom. The number of carbonyl (C=O) groups is 1. The van der Waals surface area contributed by atoms with Crippen molar-refractivity contribution < 1.29 is 9.53 Å². The minimum Gasteiger partial charge on any atom is -0.379 e. The third kappa shape index (κ3) is 3.94. The van der Waals surface area contributed by atoms with Gasteiger partial charge < -0.3 is 14.6 Å². The van der Waals surface area contributed by atoms with Crippen LogP contribution in [0.15, 0.2) is 18.2 Å². The summed E-state index contributed by atoms with van der Waals surface area (Å²) in [5, 5.41) is 2.84. The van der Waals surface area contributed by atoms with Crippen LogP contribution in [-0.2, 0) is 22.6 Å². The Bertz CT molecular complexity index is 704. The summed E-state index contributed by atoms with van der Waals surface area (Å²) in [6, 6.07) is 5.97. The van der Waals surface area contributed by atoms with Crippen LogP contribution in [0.1, 0.15) is 32.5 Å². The van der Waals surface area contributed by atoms with E-state index in [0.717, 1.165) is 74.8 Å². The first kappa shape index (κ1) is 16.9. The fraction of sp³-hybridized carbons (Fsp3) is 0.556. The number of aryl methyl sites for hydroxylation is 1. The second-order valence-electron chi connectivity index (χ2n) is 6.31. The second-order valence-corrected chi connectivity index (χ2v) is 6.31. The molecule has 0 radical (unpaired) electrons. The number of hydrogen-bond donors (Lipinski definition) is 1. The first-order valence-electron chi connectivity index (χ1n) is 8.74. The van der Waals surface area contributed by atoms with Gasteiger partial charge in [0.25, 0.3) is 0 Å². The van der Waals surface area contributed by atoms with Gasteiger partial charge in [-0.05, 0) is 24.6 Å². The number of ether oxygens (including phenoxy) is 1. The number of hydrogen-bond acceptors (Lipinski definition) is 4. The van der Waals surface area contributed by atoms with Crippen molar-refractivity contribution in [1.29, 1.82) is 0 Å². The quantitative estimate of drug-likeness (QED) is 0.884. The van der Waals surface area contributed by atoms with Gasteiger partial charge >= 0.3 is 0 Å². The standard InChI is InChI=1S/C18H26N4O2/c1-3-4-7-22-17-6-5-15(19-14(2)23)12-16(17)20-18(22)13-21-8-10-24-11-9-21/h5-6,12H,3-4,7-11,13H2,1-2H3,(H,19,23). The summed E-state index contributed by atoms with van der Waals surface area (Å²) < 4.78 is 7.76. The number of carbonyl (C=O) groups excluding carboxylic acids is 1. The Morgan fingerprint density at radius 2 is 2.12 bits per heavy atom.